The van der Waals surface area contributed by atoms with Gasteiger partial charge in [0.15, 0.2) is 0 Å². The summed E-state index contributed by atoms with van der Waals surface area (Å²) in [5.41, 5.74) is 7.24. The van der Waals surface area contributed by atoms with Crippen molar-refractivity contribution in [1.82, 2.24) is 21.1 Å². The second kappa shape index (κ2) is 8.03. The number of likely N-dealkylation sites (tertiary alicyclic amines) is 1. The van der Waals surface area contributed by atoms with Crippen LogP contribution in [-0.2, 0) is 14.3 Å². The normalized spacial score (nSPS) is 28.7. The molecule has 0 spiro atoms. The maximum absolute atomic E-state index is 12.8. The van der Waals surface area contributed by atoms with E-state index in [0.29, 0.717) is 19.5 Å². The Labute approximate surface area is 153 Å². The monoisotopic (exact) mass is 362 g/mol. The molecule has 2 saturated heterocycles. The fourth-order valence-corrected chi connectivity index (χ4v) is 3.72. The average Bonchev–Trinajstić information content (AvgIpc) is 3.28. The van der Waals surface area contributed by atoms with Gasteiger partial charge in [-0.05, 0) is 31.2 Å². The van der Waals surface area contributed by atoms with Crippen LogP contribution >= 0.6 is 0 Å². The number of likely N-dealkylation sites (N-methyl/N-ethyl adjacent to an activating group) is 1. The third kappa shape index (κ3) is 3.82. The maximum atomic E-state index is 12.8. The Kier molecular flexibility index (Phi) is 5.75. The van der Waals surface area contributed by atoms with Crippen molar-refractivity contribution < 1.29 is 19.1 Å². The Hall–Kier alpha value is -2.16. The molecule has 2 fully saturated rings. The van der Waals surface area contributed by atoms with Crippen molar-refractivity contribution in [2.45, 2.75) is 24.5 Å². The summed E-state index contributed by atoms with van der Waals surface area (Å²) in [6.07, 6.45) is 0.562. The zero-order chi connectivity index (χ0) is 18.7. The number of nitrogens with zero attached hydrogens (tertiary/aromatic N) is 1. The number of hydrogen-bond acceptors (Lipinski definition) is 7. The number of esters is 1. The van der Waals surface area contributed by atoms with Gasteiger partial charge in [0, 0.05) is 19.1 Å². The molecule has 26 heavy (non-hydrogen) atoms. The number of methoxy groups -OCH3 is 2. The van der Waals surface area contributed by atoms with Gasteiger partial charge in [-0.15, -0.1) is 0 Å². The number of ether oxygens (including phenoxy) is 2. The second-order valence-corrected chi connectivity index (χ2v) is 6.81. The Bertz CT molecular complexity index is 668. The molecule has 1 amide bonds. The Balaban J connectivity index is 1.64. The summed E-state index contributed by atoms with van der Waals surface area (Å²) in [6.45, 7) is 1.17. The van der Waals surface area contributed by atoms with Crippen LogP contribution in [0.25, 0.3) is 0 Å². The van der Waals surface area contributed by atoms with Gasteiger partial charge < -0.3 is 14.8 Å². The molecule has 2 heterocycles. The fraction of sp³-hybridized carbons (Fsp3) is 0.556. The number of rotatable bonds is 5. The van der Waals surface area contributed by atoms with E-state index in [4.69, 9.17) is 9.47 Å². The van der Waals surface area contributed by atoms with Crippen molar-refractivity contribution in [3.05, 3.63) is 29.8 Å². The average molecular weight is 362 g/mol. The van der Waals surface area contributed by atoms with Gasteiger partial charge in [0.1, 0.15) is 11.8 Å². The molecule has 142 valence electrons. The van der Waals surface area contributed by atoms with Crippen molar-refractivity contribution in [3.63, 3.8) is 0 Å². The molecule has 2 aliphatic rings. The van der Waals surface area contributed by atoms with Crippen LogP contribution in [0.2, 0.25) is 0 Å². The van der Waals surface area contributed by atoms with E-state index in [1.54, 1.807) is 7.11 Å². The Morgan fingerprint density at radius 1 is 1.31 bits per heavy atom. The fourth-order valence-electron chi connectivity index (χ4n) is 3.72. The molecular formula is C18H26N4O4. The molecule has 0 aromatic heterocycles. The van der Waals surface area contributed by atoms with Gasteiger partial charge in [0.05, 0.1) is 26.2 Å². The van der Waals surface area contributed by atoms with Gasteiger partial charge in [-0.2, -0.15) is 0 Å². The summed E-state index contributed by atoms with van der Waals surface area (Å²) in [5.74, 6) is 0.222. The van der Waals surface area contributed by atoms with Crippen LogP contribution in [0.4, 0.5) is 0 Å². The summed E-state index contributed by atoms with van der Waals surface area (Å²) in [4.78, 5) is 26.6. The molecule has 0 bridgehead atoms. The lowest BCUT2D eigenvalue weighted by Crippen LogP contribution is -2.42. The Morgan fingerprint density at radius 2 is 2.12 bits per heavy atom. The topological polar surface area (TPSA) is 91.9 Å². The number of hydrogen-bond donors (Lipinski definition) is 3. The molecule has 4 atom stereocenters. The molecule has 1 aromatic rings. The number of carbonyl (C=O) groups excluding carboxylic acids is 2. The van der Waals surface area contributed by atoms with Gasteiger partial charge in [-0.1, -0.05) is 12.1 Å². The van der Waals surface area contributed by atoms with Gasteiger partial charge in [-0.3, -0.25) is 19.9 Å². The van der Waals surface area contributed by atoms with Crippen molar-refractivity contribution in [2.24, 2.45) is 5.92 Å². The predicted octanol–water partition coefficient (Wildman–Crippen LogP) is -0.178. The van der Waals surface area contributed by atoms with E-state index in [1.165, 1.54) is 7.11 Å². The summed E-state index contributed by atoms with van der Waals surface area (Å²) >= 11 is 0. The van der Waals surface area contributed by atoms with Crippen LogP contribution in [0.3, 0.4) is 0 Å². The van der Waals surface area contributed by atoms with Gasteiger partial charge in [-0.25, -0.2) is 5.43 Å². The second-order valence-electron chi connectivity index (χ2n) is 6.81. The van der Waals surface area contributed by atoms with Gasteiger partial charge >= 0.3 is 5.97 Å². The van der Waals surface area contributed by atoms with Gasteiger partial charge in [0.2, 0.25) is 5.91 Å². The molecule has 8 nitrogen and oxygen atoms in total. The number of nitrogens with one attached hydrogen (secondary N) is 3. The van der Waals surface area contributed by atoms with Crippen molar-refractivity contribution >= 4 is 11.9 Å². The van der Waals surface area contributed by atoms with Crippen molar-refractivity contribution in [1.29, 1.82) is 0 Å². The first-order valence-electron chi connectivity index (χ1n) is 8.74. The van der Waals surface area contributed by atoms with Crippen LogP contribution < -0.4 is 20.9 Å². The summed E-state index contributed by atoms with van der Waals surface area (Å²) < 4.78 is 10.1. The Morgan fingerprint density at radius 3 is 2.85 bits per heavy atom. The lowest BCUT2D eigenvalue weighted by molar-refractivity contribution is -0.145. The van der Waals surface area contributed by atoms with E-state index >= 15 is 0 Å². The number of benzene rings is 1. The van der Waals surface area contributed by atoms with Crippen LogP contribution in [0.15, 0.2) is 24.3 Å². The smallest absolute Gasteiger partial charge is 0.323 e. The molecule has 3 rings (SSSR count). The SMILES string of the molecule is COC(=O)[C@@H]1C[C@@H](NC(=O)C2CNNC2c2cccc(OC)c2)CN1C. The van der Waals surface area contributed by atoms with E-state index in [1.807, 2.05) is 36.2 Å². The summed E-state index contributed by atoms with van der Waals surface area (Å²) in [7, 11) is 4.88. The maximum Gasteiger partial charge on any atom is 0.323 e. The molecular weight excluding hydrogens is 336 g/mol. The first kappa shape index (κ1) is 18.6. The predicted molar refractivity (Wildman–Crippen MR) is 95.3 cm³/mol. The van der Waals surface area contributed by atoms with Crippen LogP contribution in [0, 0.1) is 5.92 Å². The van der Waals surface area contributed by atoms with Crippen molar-refractivity contribution in [2.75, 3.05) is 34.4 Å². The lowest BCUT2D eigenvalue weighted by Gasteiger charge is -2.21. The minimum Gasteiger partial charge on any atom is -0.497 e. The largest absolute Gasteiger partial charge is 0.497 e. The van der Waals surface area contributed by atoms with Crippen LogP contribution in [0.1, 0.15) is 18.0 Å². The lowest BCUT2D eigenvalue weighted by atomic mass is 9.93. The molecule has 0 aliphatic carbocycles. The molecule has 8 heteroatoms. The number of amides is 1. The van der Waals surface area contributed by atoms with E-state index < -0.39 is 0 Å². The quantitative estimate of drug-likeness (QED) is 0.626. The van der Waals surface area contributed by atoms with E-state index in [-0.39, 0.29) is 35.9 Å². The zero-order valence-electron chi connectivity index (χ0n) is 15.3. The third-order valence-corrected chi connectivity index (χ3v) is 5.14. The standard InChI is InChI=1S/C18H26N4O4/c1-22-10-12(8-15(22)18(24)26-3)20-17(23)14-9-19-21-16(14)11-5-4-6-13(7-11)25-2/h4-7,12,14-16,19,21H,8-10H2,1-3H3,(H,20,23)/t12-,14?,15+,16?/m1/s1. The first-order chi connectivity index (χ1) is 12.5. The highest BCUT2D eigenvalue weighted by molar-refractivity contribution is 5.81. The molecule has 2 aliphatic heterocycles. The van der Waals surface area contributed by atoms with Crippen molar-refractivity contribution in [3.8, 4) is 5.75 Å². The number of hydrazine groups is 1. The van der Waals surface area contributed by atoms with E-state index in [9.17, 15) is 9.59 Å². The molecule has 3 N–H and O–H groups in total. The minimum atomic E-state index is -0.306. The molecule has 1 aromatic carbocycles. The summed E-state index contributed by atoms with van der Waals surface area (Å²) in [5, 5.41) is 3.09. The number of carbonyl (C=O) groups is 2. The van der Waals surface area contributed by atoms with Crippen LogP contribution in [0.5, 0.6) is 5.75 Å². The van der Waals surface area contributed by atoms with E-state index in [2.05, 4.69) is 16.2 Å². The highest BCUT2D eigenvalue weighted by atomic mass is 16.5. The minimum absolute atomic E-state index is 0.0285. The zero-order valence-corrected chi connectivity index (χ0v) is 15.3. The molecule has 0 saturated carbocycles. The van der Waals surface area contributed by atoms with E-state index in [0.717, 1.165) is 11.3 Å². The first-order valence-corrected chi connectivity index (χ1v) is 8.74. The van der Waals surface area contributed by atoms with Crippen LogP contribution in [-0.4, -0.2) is 63.2 Å². The van der Waals surface area contributed by atoms with Gasteiger partial charge in [0.25, 0.3) is 0 Å². The molecule has 0 radical (unpaired) electrons. The highest BCUT2D eigenvalue weighted by Crippen LogP contribution is 2.28. The molecule has 2 unspecified atom stereocenters. The third-order valence-electron chi connectivity index (χ3n) is 5.14. The summed E-state index contributed by atoms with van der Waals surface area (Å²) in [6, 6.07) is 7.19. The highest BCUT2D eigenvalue weighted by Gasteiger charge is 2.39.